The molecule has 1 aromatic rings. The van der Waals surface area contributed by atoms with Crippen LogP contribution in [0.15, 0.2) is 15.9 Å². The molecule has 1 nitrogen and oxygen atoms in total. The van der Waals surface area contributed by atoms with Crippen molar-refractivity contribution in [1.82, 2.24) is 5.32 Å². The third-order valence-electron chi connectivity index (χ3n) is 3.11. The average molecular weight is 274 g/mol. The normalized spacial score (nSPS) is 27.0. The van der Waals surface area contributed by atoms with Crippen molar-refractivity contribution in [2.24, 2.45) is 5.92 Å². The summed E-state index contributed by atoms with van der Waals surface area (Å²) in [7, 11) is 2.08. The first kappa shape index (κ1) is 10.7. The monoisotopic (exact) mass is 273 g/mol. The van der Waals surface area contributed by atoms with Crippen LogP contribution in [0.2, 0.25) is 0 Å². The fraction of sp³-hybridized carbons (Fsp3) is 0.636. The number of halogens is 1. The molecule has 1 heterocycles. The van der Waals surface area contributed by atoms with E-state index in [0.717, 1.165) is 12.0 Å². The summed E-state index contributed by atoms with van der Waals surface area (Å²) in [5.74, 6) is 0.891. The van der Waals surface area contributed by atoms with Crippen molar-refractivity contribution in [3.63, 3.8) is 0 Å². The van der Waals surface area contributed by atoms with E-state index in [4.69, 9.17) is 0 Å². The number of hydrogen-bond acceptors (Lipinski definition) is 2. The molecule has 0 amide bonds. The fourth-order valence-corrected chi connectivity index (χ4v) is 3.89. The van der Waals surface area contributed by atoms with Crippen molar-refractivity contribution in [1.29, 1.82) is 0 Å². The smallest absolute Gasteiger partial charge is 0.0314 e. The highest BCUT2D eigenvalue weighted by atomic mass is 79.9. The first-order valence-corrected chi connectivity index (χ1v) is 6.86. The Labute approximate surface area is 98.0 Å². The summed E-state index contributed by atoms with van der Waals surface area (Å²) in [5, 5.41) is 5.55. The molecule has 2 atom stereocenters. The van der Waals surface area contributed by atoms with E-state index in [1.165, 1.54) is 35.0 Å². The summed E-state index contributed by atoms with van der Waals surface area (Å²) in [6.07, 6.45) is 5.34. The average Bonchev–Trinajstić information content (AvgIpc) is 2.77. The molecule has 1 aliphatic rings. The zero-order valence-corrected chi connectivity index (χ0v) is 10.8. The largest absolute Gasteiger partial charge is 0.317 e. The van der Waals surface area contributed by atoms with Crippen LogP contribution in [0.5, 0.6) is 0 Å². The summed E-state index contributed by atoms with van der Waals surface area (Å²) in [5.41, 5.74) is 0. The minimum atomic E-state index is 0.763. The quantitative estimate of drug-likeness (QED) is 0.890. The highest BCUT2D eigenvalue weighted by Crippen LogP contribution is 2.32. The van der Waals surface area contributed by atoms with Crippen molar-refractivity contribution >= 4 is 27.3 Å². The SMILES string of the molecule is CNC1CCC(Cc2sccc2Br)C1. The third kappa shape index (κ3) is 2.38. The zero-order chi connectivity index (χ0) is 9.97. The Morgan fingerprint density at radius 3 is 3.00 bits per heavy atom. The maximum Gasteiger partial charge on any atom is 0.0314 e. The molecule has 2 rings (SSSR count). The molecule has 1 N–H and O–H groups in total. The Bertz CT molecular complexity index is 297. The van der Waals surface area contributed by atoms with Gasteiger partial charge in [0.15, 0.2) is 0 Å². The molecular formula is C11H16BrNS. The molecule has 0 bridgehead atoms. The lowest BCUT2D eigenvalue weighted by atomic mass is 10.0. The van der Waals surface area contributed by atoms with E-state index < -0.39 is 0 Å². The molecule has 78 valence electrons. The maximum absolute atomic E-state index is 3.60. The van der Waals surface area contributed by atoms with Gasteiger partial charge in [0.25, 0.3) is 0 Å². The van der Waals surface area contributed by atoms with Crippen LogP contribution < -0.4 is 5.32 Å². The lowest BCUT2D eigenvalue weighted by molar-refractivity contribution is 0.512. The second kappa shape index (κ2) is 4.77. The number of rotatable bonds is 3. The van der Waals surface area contributed by atoms with Gasteiger partial charge in [0, 0.05) is 15.4 Å². The van der Waals surface area contributed by atoms with Crippen LogP contribution in [0.1, 0.15) is 24.1 Å². The minimum absolute atomic E-state index is 0.763. The van der Waals surface area contributed by atoms with E-state index in [0.29, 0.717) is 0 Å². The van der Waals surface area contributed by atoms with E-state index in [9.17, 15) is 0 Å². The first-order chi connectivity index (χ1) is 6.79. The lowest BCUT2D eigenvalue weighted by Crippen LogP contribution is -2.21. The number of nitrogens with one attached hydrogen (secondary N) is 1. The van der Waals surface area contributed by atoms with Crippen LogP contribution in [0.4, 0.5) is 0 Å². The molecule has 3 heteroatoms. The van der Waals surface area contributed by atoms with E-state index in [-0.39, 0.29) is 0 Å². The summed E-state index contributed by atoms with van der Waals surface area (Å²) in [4.78, 5) is 1.52. The van der Waals surface area contributed by atoms with Crippen LogP contribution in [0, 0.1) is 5.92 Å². The van der Waals surface area contributed by atoms with Gasteiger partial charge in [-0.3, -0.25) is 0 Å². The van der Waals surface area contributed by atoms with Gasteiger partial charge in [-0.25, -0.2) is 0 Å². The third-order valence-corrected chi connectivity index (χ3v) is 5.06. The predicted molar refractivity (Wildman–Crippen MR) is 65.9 cm³/mol. The van der Waals surface area contributed by atoms with Crippen molar-refractivity contribution in [3.8, 4) is 0 Å². The minimum Gasteiger partial charge on any atom is -0.317 e. The topological polar surface area (TPSA) is 12.0 Å². The molecule has 1 aliphatic carbocycles. The molecule has 0 saturated heterocycles. The van der Waals surface area contributed by atoms with Gasteiger partial charge in [0.2, 0.25) is 0 Å². The van der Waals surface area contributed by atoms with Gasteiger partial charge in [-0.2, -0.15) is 0 Å². The first-order valence-electron chi connectivity index (χ1n) is 5.18. The predicted octanol–water partition coefficient (Wildman–Crippen LogP) is 3.44. The lowest BCUT2D eigenvalue weighted by Gasteiger charge is -2.09. The molecule has 0 aromatic carbocycles. The van der Waals surface area contributed by atoms with E-state index in [1.807, 2.05) is 11.3 Å². The molecule has 2 unspecified atom stereocenters. The highest BCUT2D eigenvalue weighted by molar-refractivity contribution is 9.10. The molecule has 1 fully saturated rings. The summed E-state index contributed by atoms with van der Waals surface area (Å²) < 4.78 is 1.30. The maximum atomic E-state index is 3.60. The van der Waals surface area contributed by atoms with E-state index in [2.05, 4.69) is 39.7 Å². The second-order valence-corrected chi connectivity index (χ2v) is 5.92. The van der Waals surface area contributed by atoms with Crippen LogP contribution in [-0.4, -0.2) is 13.1 Å². The van der Waals surface area contributed by atoms with Gasteiger partial charge in [0.05, 0.1) is 0 Å². The van der Waals surface area contributed by atoms with Gasteiger partial charge in [-0.05, 0) is 66.0 Å². The van der Waals surface area contributed by atoms with Crippen LogP contribution >= 0.6 is 27.3 Å². The summed E-state index contributed by atoms with van der Waals surface area (Å²) in [6.45, 7) is 0. The molecule has 14 heavy (non-hydrogen) atoms. The molecule has 1 saturated carbocycles. The Hall–Kier alpha value is 0.140. The molecule has 0 aliphatic heterocycles. The zero-order valence-electron chi connectivity index (χ0n) is 8.42. The molecular weight excluding hydrogens is 258 g/mol. The van der Waals surface area contributed by atoms with E-state index in [1.54, 1.807) is 0 Å². The molecule has 0 spiro atoms. The summed E-state index contributed by atoms with van der Waals surface area (Å²) in [6, 6.07) is 2.92. The van der Waals surface area contributed by atoms with E-state index >= 15 is 0 Å². The highest BCUT2D eigenvalue weighted by Gasteiger charge is 2.24. The Kier molecular flexibility index (Phi) is 3.63. The van der Waals surface area contributed by atoms with Crippen molar-refractivity contribution in [3.05, 3.63) is 20.8 Å². The van der Waals surface area contributed by atoms with Crippen molar-refractivity contribution < 1.29 is 0 Å². The Morgan fingerprint density at radius 2 is 2.43 bits per heavy atom. The molecule has 0 radical (unpaired) electrons. The second-order valence-electron chi connectivity index (χ2n) is 4.06. The van der Waals surface area contributed by atoms with Crippen LogP contribution in [0.25, 0.3) is 0 Å². The van der Waals surface area contributed by atoms with Gasteiger partial charge in [-0.1, -0.05) is 0 Å². The fourth-order valence-electron chi connectivity index (χ4n) is 2.26. The van der Waals surface area contributed by atoms with Crippen LogP contribution in [-0.2, 0) is 6.42 Å². The Morgan fingerprint density at radius 1 is 1.57 bits per heavy atom. The summed E-state index contributed by atoms with van der Waals surface area (Å²) >= 11 is 5.48. The van der Waals surface area contributed by atoms with Crippen molar-refractivity contribution in [2.45, 2.75) is 31.7 Å². The number of thiophene rings is 1. The van der Waals surface area contributed by atoms with Gasteiger partial charge < -0.3 is 5.32 Å². The van der Waals surface area contributed by atoms with Gasteiger partial charge in [-0.15, -0.1) is 11.3 Å². The van der Waals surface area contributed by atoms with Gasteiger partial charge >= 0.3 is 0 Å². The van der Waals surface area contributed by atoms with Crippen molar-refractivity contribution in [2.75, 3.05) is 7.05 Å². The Balaban J connectivity index is 1.90. The van der Waals surface area contributed by atoms with Crippen LogP contribution in [0.3, 0.4) is 0 Å². The molecule has 1 aromatic heterocycles. The number of hydrogen-bond donors (Lipinski definition) is 1. The van der Waals surface area contributed by atoms with Gasteiger partial charge in [0.1, 0.15) is 0 Å². The standard InChI is InChI=1S/C11H16BrNS/c1-13-9-3-2-8(6-9)7-11-10(12)4-5-14-11/h4-5,8-9,13H,2-3,6-7H2,1H3.